The molecule has 4 aromatic carbocycles. The van der Waals surface area contributed by atoms with Gasteiger partial charge in [-0.25, -0.2) is 0 Å². The predicted octanol–water partition coefficient (Wildman–Crippen LogP) is 5.92. The molecule has 1 N–H and O–H groups in total. The molecule has 3 nitrogen and oxygen atoms in total. The van der Waals surface area contributed by atoms with Crippen molar-refractivity contribution in [3.8, 4) is 0 Å². The van der Waals surface area contributed by atoms with E-state index in [2.05, 4.69) is 42.6 Å². The first-order chi connectivity index (χ1) is 13.7. The zero-order valence-corrected chi connectivity index (χ0v) is 15.6. The van der Waals surface area contributed by atoms with Crippen molar-refractivity contribution in [2.75, 3.05) is 10.2 Å². The van der Waals surface area contributed by atoms with E-state index in [9.17, 15) is 4.79 Å². The molecule has 3 heteroatoms. The molecular formula is C25H20N2O. The van der Waals surface area contributed by atoms with E-state index < -0.39 is 0 Å². The number of nitrogens with one attached hydrogen (secondary N) is 1. The Kier molecular flexibility index (Phi) is 3.87. The Labute approximate surface area is 164 Å². The lowest BCUT2D eigenvalue weighted by Gasteiger charge is -2.38. The molecule has 1 amide bonds. The zero-order valence-electron chi connectivity index (χ0n) is 15.6. The number of carbonyl (C=O) groups excluding carboxylic acids is 1. The van der Waals surface area contributed by atoms with Crippen LogP contribution in [0.4, 0.5) is 11.4 Å². The SMILES string of the molecule is Cc1ccc(N2C(=O)c3ccccc3NC2c2cccc3ccccc23)cc1. The second-order valence-electron chi connectivity index (χ2n) is 7.17. The van der Waals surface area contributed by atoms with Crippen molar-refractivity contribution in [1.29, 1.82) is 0 Å². The molecule has 5 rings (SSSR count). The maximum absolute atomic E-state index is 13.5. The van der Waals surface area contributed by atoms with Gasteiger partial charge in [-0.3, -0.25) is 9.69 Å². The summed E-state index contributed by atoms with van der Waals surface area (Å²) in [5.74, 6) is 0.0103. The van der Waals surface area contributed by atoms with Crippen LogP contribution in [-0.4, -0.2) is 5.91 Å². The average Bonchev–Trinajstić information content (AvgIpc) is 2.74. The van der Waals surface area contributed by atoms with E-state index in [1.165, 1.54) is 5.56 Å². The monoisotopic (exact) mass is 364 g/mol. The summed E-state index contributed by atoms with van der Waals surface area (Å²) in [5.41, 5.74) is 4.70. The molecule has 4 aromatic rings. The standard InChI is InChI=1S/C25H20N2O/c1-17-13-15-19(16-14-17)27-24(26-23-12-5-4-10-22(23)25(27)28)21-11-6-8-18-7-2-3-9-20(18)21/h2-16,24,26H,1H3. The summed E-state index contributed by atoms with van der Waals surface area (Å²) in [4.78, 5) is 15.4. The molecule has 1 unspecified atom stereocenters. The summed E-state index contributed by atoms with van der Waals surface area (Å²) in [6.07, 6.45) is -0.281. The first-order valence-electron chi connectivity index (χ1n) is 9.46. The highest BCUT2D eigenvalue weighted by Crippen LogP contribution is 2.38. The van der Waals surface area contributed by atoms with Crippen LogP contribution >= 0.6 is 0 Å². The highest BCUT2D eigenvalue weighted by atomic mass is 16.2. The second-order valence-corrected chi connectivity index (χ2v) is 7.17. The molecule has 0 fully saturated rings. The second kappa shape index (κ2) is 6.54. The molecule has 0 saturated carbocycles. The first-order valence-corrected chi connectivity index (χ1v) is 9.46. The van der Waals surface area contributed by atoms with Gasteiger partial charge in [0.25, 0.3) is 5.91 Å². The predicted molar refractivity (Wildman–Crippen MR) is 115 cm³/mol. The molecule has 0 bridgehead atoms. The zero-order chi connectivity index (χ0) is 19.1. The molecular weight excluding hydrogens is 344 g/mol. The molecule has 1 heterocycles. The lowest BCUT2D eigenvalue weighted by molar-refractivity contribution is 0.0975. The van der Waals surface area contributed by atoms with Crippen molar-refractivity contribution < 1.29 is 4.79 Å². The van der Waals surface area contributed by atoms with Crippen LogP contribution in [0, 0.1) is 6.92 Å². The molecule has 0 spiro atoms. The van der Waals surface area contributed by atoms with Gasteiger partial charge in [0.15, 0.2) is 0 Å². The Bertz CT molecular complexity index is 1180. The third kappa shape index (κ3) is 2.64. The van der Waals surface area contributed by atoms with Crippen LogP contribution in [0.2, 0.25) is 0 Å². The highest BCUT2D eigenvalue weighted by molar-refractivity contribution is 6.12. The quantitative estimate of drug-likeness (QED) is 0.479. The van der Waals surface area contributed by atoms with Gasteiger partial charge in [-0.15, -0.1) is 0 Å². The minimum Gasteiger partial charge on any atom is -0.360 e. The summed E-state index contributed by atoms with van der Waals surface area (Å²) in [7, 11) is 0. The number of aryl methyl sites for hydroxylation is 1. The van der Waals surface area contributed by atoms with Crippen molar-refractivity contribution >= 4 is 28.1 Å². The molecule has 0 aliphatic carbocycles. The summed E-state index contributed by atoms with van der Waals surface area (Å²) < 4.78 is 0. The van der Waals surface area contributed by atoms with Gasteiger partial charge in [0.2, 0.25) is 0 Å². The molecule has 1 aliphatic heterocycles. The summed E-state index contributed by atoms with van der Waals surface area (Å²) in [5, 5.41) is 5.91. The fraction of sp³-hybridized carbons (Fsp3) is 0.0800. The van der Waals surface area contributed by atoms with Crippen LogP contribution in [0.25, 0.3) is 10.8 Å². The topological polar surface area (TPSA) is 32.3 Å². The molecule has 28 heavy (non-hydrogen) atoms. The Morgan fingerprint density at radius 3 is 2.36 bits per heavy atom. The van der Waals surface area contributed by atoms with Gasteiger partial charge in [0.1, 0.15) is 6.17 Å². The van der Waals surface area contributed by atoms with E-state index >= 15 is 0 Å². The van der Waals surface area contributed by atoms with E-state index in [4.69, 9.17) is 0 Å². The van der Waals surface area contributed by atoms with Crippen LogP contribution in [0.3, 0.4) is 0 Å². The highest BCUT2D eigenvalue weighted by Gasteiger charge is 2.34. The number of amides is 1. The van der Waals surface area contributed by atoms with Crippen LogP contribution in [-0.2, 0) is 0 Å². The van der Waals surface area contributed by atoms with E-state index in [0.29, 0.717) is 5.56 Å². The van der Waals surface area contributed by atoms with Crippen LogP contribution in [0.1, 0.15) is 27.7 Å². The van der Waals surface area contributed by atoms with Gasteiger partial charge in [-0.05, 0) is 42.0 Å². The van der Waals surface area contributed by atoms with Gasteiger partial charge >= 0.3 is 0 Å². The number of hydrogen-bond donors (Lipinski definition) is 1. The lowest BCUT2D eigenvalue weighted by Crippen LogP contribution is -2.43. The third-order valence-corrected chi connectivity index (χ3v) is 5.36. The summed E-state index contributed by atoms with van der Waals surface area (Å²) in [6, 6.07) is 30.4. The summed E-state index contributed by atoms with van der Waals surface area (Å²) >= 11 is 0. The molecule has 0 radical (unpaired) electrons. The smallest absolute Gasteiger partial charge is 0.262 e. The number of benzene rings is 4. The number of fused-ring (bicyclic) bond motifs is 2. The van der Waals surface area contributed by atoms with Crippen molar-refractivity contribution in [1.82, 2.24) is 0 Å². The van der Waals surface area contributed by atoms with Gasteiger partial charge in [0.05, 0.1) is 5.56 Å². The minimum absolute atomic E-state index is 0.0103. The van der Waals surface area contributed by atoms with Crippen LogP contribution in [0.5, 0.6) is 0 Å². The van der Waals surface area contributed by atoms with Gasteiger partial charge in [-0.1, -0.05) is 72.3 Å². The van der Waals surface area contributed by atoms with Crippen LogP contribution in [0.15, 0.2) is 91.0 Å². The van der Waals surface area contributed by atoms with Crippen LogP contribution < -0.4 is 10.2 Å². The summed E-state index contributed by atoms with van der Waals surface area (Å²) in [6.45, 7) is 2.05. The number of nitrogens with zero attached hydrogens (tertiary/aromatic N) is 1. The fourth-order valence-corrected chi connectivity index (χ4v) is 3.93. The number of anilines is 2. The molecule has 0 aromatic heterocycles. The molecule has 0 saturated heterocycles. The molecule has 136 valence electrons. The molecule has 1 atom stereocenters. The number of rotatable bonds is 2. The number of hydrogen-bond acceptors (Lipinski definition) is 2. The fourth-order valence-electron chi connectivity index (χ4n) is 3.93. The van der Waals surface area contributed by atoms with Crippen molar-refractivity contribution in [2.45, 2.75) is 13.1 Å². The van der Waals surface area contributed by atoms with Crippen molar-refractivity contribution in [2.24, 2.45) is 0 Å². The lowest BCUT2D eigenvalue weighted by atomic mass is 9.97. The Balaban J connectivity index is 1.73. The van der Waals surface area contributed by atoms with Gasteiger partial charge in [0, 0.05) is 16.9 Å². The largest absolute Gasteiger partial charge is 0.360 e. The van der Waals surface area contributed by atoms with E-state index in [1.807, 2.05) is 65.6 Å². The Hall–Kier alpha value is -3.59. The third-order valence-electron chi connectivity index (χ3n) is 5.36. The first kappa shape index (κ1) is 16.6. The number of carbonyl (C=O) groups is 1. The number of para-hydroxylation sites is 1. The van der Waals surface area contributed by atoms with E-state index in [-0.39, 0.29) is 12.1 Å². The minimum atomic E-state index is -0.281. The van der Waals surface area contributed by atoms with E-state index in [1.54, 1.807) is 0 Å². The van der Waals surface area contributed by atoms with Gasteiger partial charge in [-0.2, -0.15) is 0 Å². The average molecular weight is 364 g/mol. The van der Waals surface area contributed by atoms with Crippen molar-refractivity contribution in [3.63, 3.8) is 0 Å². The Morgan fingerprint density at radius 2 is 1.50 bits per heavy atom. The van der Waals surface area contributed by atoms with Crippen molar-refractivity contribution in [3.05, 3.63) is 108 Å². The van der Waals surface area contributed by atoms with E-state index in [0.717, 1.165) is 27.7 Å². The normalized spacial score (nSPS) is 16.0. The molecule has 1 aliphatic rings. The Morgan fingerprint density at radius 1 is 0.786 bits per heavy atom. The van der Waals surface area contributed by atoms with Gasteiger partial charge < -0.3 is 5.32 Å². The maximum atomic E-state index is 13.5. The maximum Gasteiger partial charge on any atom is 0.262 e.